The molecule has 0 radical (unpaired) electrons. The molecule has 0 aromatic rings. The minimum Gasteiger partial charge on any atom is -0.396 e. The van der Waals surface area contributed by atoms with Crippen molar-refractivity contribution in [1.82, 2.24) is 0 Å². The van der Waals surface area contributed by atoms with E-state index in [4.69, 9.17) is 5.11 Å². The predicted octanol–water partition coefficient (Wildman–Crippen LogP) is 2.26. The lowest BCUT2D eigenvalue weighted by Gasteiger charge is -2.18. The lowest BCUT2D eigenvalue weighted by molar-refractivity contribution is -0.237. The number of thioether (sulfide) groups is 1. The molecule has 0 spiro atoms. The van der Waals surface area contributed by atoms with Gasteiger partial charge in [0.2, 0.25) is 0 Å². The molecule has 0 aromatic carbocycles. The van der Waals surface area contributed by atoms with Gasteiger partial charge in [0.1, 0.15) is 0 Å². The second-order valence-corrected chi connectivity index (χ2v) is 3.15. The van der Waals surface area contributed by atoms with Crippen LogP contribution in [0.2, 0.25) is 0 Å². The summed E-state index contributed by atoms with van der Waals surface area (Å²) in [5.74, 6) is -0.414. The molecule has 0 amide bonds. The van der Waals surface area contributed by atoms with Crippen LogP contribution < -0.4 is 0 Å². The molecule has 1 nitrogen and oxygen atoms in total. The number of hydrogen-bond donors (Lipinski definition) is 1. The number of hydrogen-bond acceptors (Lipinski definition) is 2. The first-order valence-electron chi connectivity index (χ1n) is 3.00. The molecule has 0 aromatic heterocycles. The van der Waals surface area contributed by atoms with E-state index in [1.807, 2.05) is 0 Å². The van der Waals surface area contributed by atoms with Gasteiger partial charge in [0.15, 0.2) is 0 Å². The Hall–Kier alpha value is -0.0400. The minimum absolute atomic E-state index is 0.0731. The van der Waals surface area contributed by atoms with E-state index in [2.05, 4.69) is 0 Å². The van der Waals surface area contributed by atoms with Crippen molar-refractivity contribution < 1.29 is 27.1 Å². The lowest BCUT2D eigenvalue weighted by atomic mass is 10.5. The van der Waals surface area contributed by atoms with Gasteiger partial charge in [-0.05, 0) is 6.42 Å². The molecule has 0 bridgehead atoms. The summed E-state index contributed by atoms with van der Waals surface area (Å²) < 4.78 is 58.3. The van der Waals surface area contributed by atoms with E-state index in [1.165, 1.54) is 0 Å². The molecule has 74 valence electrons. The fraction of sp³-hybridized carbons (Fsp3) is 1.00. The molecule has 0 saturated heterocycles. The number of alkyl halides is 5. The maximum Gasteiger partial charge on any atom is 0.464 e. The van der Waals surface area contributed by atoms with Crippen LogP contribution in [-0.4, -0.2) is 28.9 Å². The van der Waals surface area contributed by atoms with Gasteiger partial charge in [-0.15, -0.1) is 0 Å². The third kappa shape index (κ3) is 3.57. The van der Waals surface area contributed by atoms with Gasteiger partial charge in [-0.2, -0.15) is 22.0 Å². The Labute approximate surface area is 69.9 Å². The molecule has 0 atom stereocenters. The zero-order valence-electron chi connectivity index (χ0n) is 5.87. The van der Waals surface area contributed by atoms with Crippen LogP contribution in [0.5, 0.6) is 0 Å². The Morgan fingerprint density at radius 1 is 1.08 bits per heavy atom. The topological polar surface area (TPSA) is 20.2 Å². The molecule has 0 heterocycles. The highest BCUT2D eigenvalue weighted by Gasteiger charge is 2.57. The Morgan fingerprint density at radius 3 is 1.92 bits per heavy atom. The first-order valence-corrected chi connectivity index (χ1v) is 3.99. The summed E-state index contributed by atoms with van der Waals surface area (Å²) in [6, 6.07) is 0. The average Bonchev–Trinajstić information content (AvgIpc) is 1.85. The summed E-state index contributed by atoms with van der Waals surface area (Å²) in [5, 5.41) is 3.42. The number of halogens is 5. The second-order valence-electron chi connectivity index (χ2n) is 1.94. The standard InChI is InChI=1S/C5H7F5OS/c6-4(7,8)5(9,10)12-3-1-2-11/h11H,1-3H2. The van der Waals surface area contributed by atoms with Crippen molar-refractivity contribution in [3.05, 3.63) is 0 Å². The van der Waals surface area contributed by atoms with Crippen LogP contribution in [0, 0.1) is 0 Å². The quantitative estimate of drug-likeness (QED) is 0.567. The first kappa shape index (κ1) is 12.0. The van der Waals surface area contributed by atoms with Crippen molar-refractivity contribution in [3.63, 3.8) is 0 Å². The maximum atomic E-state index is 12.0. The van der Waals surface area contributed by atoms with Crippen LogP contribution in [0.1, 0.15) is 6.42 Å². The smallest absolute Gasteiger partial charge is 0.396 e. The monoisotopic (exact) mass is 210 g/mol. The average molecular weight is 210 g/mol. The molecule has 0 rings (SSSR count). The Morgan fingerprint density at radius 2 is 1.58 bits per heavy atom. The van der Waals surface area contributed by atoms with Crippen LogP contribution in [0.3, 0.4) is 0 Å². The zero-order chi connectivity index (χ0) is 9.83. The van der Waals surface area contributed by atoms with E-state index in [0.717, 1.165) is 0 Å². The van der Waals surface area contributed by atoms with Gasteiger partial charge in [0.05, 0.1) is 0 Å². The Kier molecular flexibility index (Phi) is 4.25. The van der Waals surface area contributed by atoms with Gasteiger partial charge in [-0.3, -0.25) is 0 Å². The molecule has 0 unspecified atom stereocenters. The van der Waals surface area contributed by atoms with Crippen molar-refractivity contribution in [1.29, 1.82) is 0 Å². The summed E-state index contributed by atoms with van der Waals surface area (Å²) in [4.78, 5) is 0. The fourth-order valence-electron chi connectivity index (χ4n) is 0.347. The van der Waals surface area contributed by atoms with Crippen LogP contribution in [0.25, 0.3) is 0 Å². The van der Waals surface area contributed by atoms with Gasteiger partial charge in [-0.1, -0.05) is 11.8 Å². The summed E-state index contributed by atoms with van der Waals surface area (Å²) in [7, 11) is 0. The van der Waals surface area contributed by atoms with Crippen LogP contribution in [0.15, 0.2) is 0 Å². The molecule has 0 saturated carbocycles. The number of aliphatic hydroxyl groups is 1. The van der Waals surface area contributed by atoms with Crippen molar-refractivity contribution in [2.45, 2.75) is 17.9 Å². The first-order chi connectivity index (χ1) is 5.31. The molecule has 1 N–H and O–H groups in total. The van der Waals surface area contributed by atoms with Gasteiger partial charge in [-0.25, -0.2) is 0 Å². The Balaban J connectivity index is 3.88. The van der Waals surface area contributed by atoms with Crippen molar-refractivity contribution in [2.24, 2.45) is 0 Å². The van der Waals surface area contributed by atoms with E-state index in [9.17, 15) is 22.0 Å². The van der Waals surface area contributed by atoms with Gasteiger partial charge >= 0.3 is 11.4 Å². The fourth-order valence-corrected chi connectivity index (χ4v) is 1.04. The highest BCUT2D eigenvalue weighted by atomic mass is 32.2. The molecule has 7 heteroatoms. The van der Waals surface area contributed by atoms with Crippen molar-refractivity contribution in [2.75, 3.05) is 12.4 Å². The SMILES string of the molecule is OCCCSC(F)(F)C(F)(F)F. The molecule has 0 aliphatic carbocycles. The summed E-state index contributed by atoms with van der Waals surface area (Å²) >= 11 is -0.508. The van der Waals surface area contributed by atoms with Gasteiger partial charge in [0.25, 0.3) is 0 Å². The Bertz CT molecular complexity index is 134. The van der Waals surface area contributed by atoms with E-state index in [-0.39, 0.29) is 13.0 Å². The van der Waals surface area contributed by atoms with Gasteiger partial charge in [0, 0.05) is 12.4 Å². The highest BCUT2D eigenvalue weighted by molar-refractivity contribution is 8.00. The number of rotatable bonds is 4. The highest BCUT2D eigenvalue weighted by Crippen LogP contribution is 2.44. The van der Waals surface area contributed by atoms with Crippen LogP contribution in [0.4, 0.5) is 22.0 Å². The van der Waals surface area contributed by atoms with Crippen molar-refractivity contribution >= 4 is 11.8 Å². The molecule has 0 aliphatic heterocycles. The molecular formula is C5H7F5OS. The predicted molar refractivity (Wildman–Crippen MR) is 35.2 cm³/mol. The lowest BCUT2D eigenvalue weighted by Crippen LogP contribution is -2.33. The maximum absolute atomic E-state index is 12.0. The van der Waals surface area contributed by atoms with Gasteiger partial charge < -0.3 is 5.11 Å². The van der Waals surface area contributed by atoms with Crippen LogP contribution >= 0.6 is 11.8 Å². The number of aliphatic hydroxyl groups excluding tert-OH is 1. The minimum atomic E-state index is -5.51. The van der Waals surface area contributed by atoms with E-state index in [1.54, 1.807) is 0 Å². The second kappa shape index (κ2) is 4.27. The van der Waals surface area contributed by atoms with Crippen molar-refractivity contribution in [3.8, 4) is 0 Å². The third-order valence-electron chi connectivity index (χ3n) is 0.916. The van der Waals surface area contributed by atoms with E-state index >= 15 is 0 Å². The summed E-state index contributed by atoms with van der Waals surface area (Å²) in [5.41, 5.74) is 0. The largest absolute Gasteiger partial charge is 0.464 e. The normalized spacial score (nSPS) is 13.5. The third-order valence-corrected chi connectivity index (χ3v) is 2.00. The summed E-state index contributed by atoms with van der Waals surface area (Å²) in [6.07, 6.45) is -5.58. The van der Waals surface area contributed by atoms with E-state index < -0.39 is 28.9 Å². The molecule has 12 heavy (non-hydrogen) atoms. The molecular weight excluding hydrogens is 203 g/mol. The molecule has 0 aliphatic rings. The summed E-state index contributed by atoms with van der Waals surface area (Å²) in [6.45, 7) is -0.388. The zero-order valence-corrected chi connectivity index (χ0v) is 6.68. The van der Waals surface area contributed by atoms with Crippen LogP contribution in [-0.2, 0) is 0 Å². The van der Waals surface area contributed by atoms with E-state index in [0.29, 0.717) is 0 Å². The molecule has 0 fully saturated rings.